The fourth-order valence-corrected chi connectivity index (χ4v) is 4.05. The Hall–Kier alpha value is -2.74. The zero-order valence-corrected chi connectivity index (χ0v) is 19.0. The molecule has 1 aliphatic carbocycles. The highest BCUT2D eigenvalue weighted by Crippen LogP contribution is 2.34. The van der Waals surface area contributed by atoms with Gasteiger partial charge in [0.2, 0.25) is 5.88 Å². The minimum Gasteiger partial charge on any atom is -0.438 e. The molecule has 8 heteroatoms. The molecule has 166 valence electrons. The summed E-state index contributed by atoms with van der Waals surface area (Å²) in [6, 6.07) is 7.19. The molecule has 1 fully saturated rings. The highest BCUT2D eigenvalue weighted by atomic mass is 32.2. The molecule has 3 rings (SSSR count). The molecule has 0 bridgehead atoms. The highest BCUT2D eigenvalue weighted by Gasteiger charge is 2.24. The van der Waals surface area contributed by atoms with Crippen molar-refractivity contribution < 1.29 is 17.9 Å². The Kier molecular flexibility index (Phi) is 7.43. The molecule has 2 aromatic rings. The van der Waals surface area contributed by atoms with Crippen LogP contribution in [0.4, 0.5) is 0 Å². The van der Waals surface area contributed by atoms with Gasteiger partial charge in [0.1, 0.15) is 17.1 Å². The van der Waals surface area contributed by atoms with Crippen LogP contribution in [0.1, 0.15) is 67.2 Å². The molecule has 7 nitrogen and oxygen atoms in total. The lowest BCUT2D eigenvalue weighted by molar-refractivity contribution is 0.0943. The van der Waals surface area contributed by atoms with Crippen LogP contribution in [0.2, 0.25) is 0 Å². The van der Waals surface area contributed by atoms with Crippen molar-refractivity contribution in [3.63, 3.8) is 0 Å². The monoisotopic (exact) mass is 443 g/mol. The number of nitrogens with zero attached hydrogens (tertiary/aromatic N) is 2. The number of benzene rings is 1. The Morgan fingerprint density at radius 3 is 2.74 bits per heavy atom. The van der Waals surface area contributed by atoms with Gasteiger partial charge in [0, 0.05) is 29.8 Å². The smallest absolute Gasteiger partial charge is 0.258 e. The maximum atomic E-state index is 12.9. The molecular formula is C23H29N3O4S. The first-order valence-corrected chi connectivity index (χ1v) is 12.5. The van der Waals surface area contributed by atoms with Gasteiger partial charge in [-0.1, -0.05) is 38.0 Å². The first kappa shape index (κ1) is 22.9. The van der Waals surface area contributed by atoms with Crippen LogP contribution < -0.4 is 10.1 Å². The summed E-state index contributed by atoms with van der Waals surface area (Å²) in [5.41, 5.74) is 1.33. The Morgan fingerprint density at radius 1 is 1.32 bits per heavy atom. The lowest BCUT2D eigenvalue weighted by Gasteiger charge is -2.15. The number of carbonyl (C=O) groups is 1. The van der Waals surface area contributed by atoms with Crippen LogP contribution in [0, 0.1) is 0 Å². The molecule has 1 atom stereocenters. The van der Waals surface area contributed by atoms with Crippen LogP contribution in [0.15, 0.2) is 41.9 Å². The molecule has 1 saturated carbocycles. The van der Waals surface area contributed by atoms with Crippen molar-refractivity contribution in [3.05, 3.63) is 58.9 Å². The van der Waals surface area contributed by atoms with Crippen molar-refractivity contribution in [2.24, 2.45) is 0 Å². The van der Waals surface area contributed by atoms with Crippen LogP contribution in [0.25, 0.3) is 0 Å². The summed E-state index contributed by atoms with van der Waals surface area (Å²) >= 11 is 0. The third-order valence-electron chi connectivity index (χ3n) is 5.23. The van der Waals surface area contributed by atoms with Crippen LogP contribution in [0.5, 0.6) is 11.6 Å². The molecule has 1 amide bonds. The number of aryl methyl sites for hydroxylation is 1. The van der Waals surface area contributed by atoms with Crippen molar-refractivity contribution >= 4 is 15.7 Å². The maximum Gasteiger partial charge on any atom is 0.258 e. The summed E-state index contributed by atoms with van der Waals surface area (Å²) in [6.45, 7) is 3.75. The zero-order valence-electron chi connectivity index (χ0n) is 18.2. The van der Waals surface area contributed by atoms with E-state index in [-0.39, 0.29) is 17.4 Å². The normalized spacial score (nSPS) is 15.8. The molecule has 1 aromatic heterocycles. The summed E-state index contributed by atoms with van der Waals surface area (Å²) in [4.78, 5) is 21.9. The van der Waals surface area contributed by atoms with Gasteiger partial charge >= 0.3 is 0 Å². The predicted octanol–water partition coefficient (Wildman–Crippen LogP) is 4.17. The molecule has 0 aliphatic heterocycles. The molecular weight excluding hydrogens is 414 g/mol. The number of rotatable bonds is 8. The summed E-state index contributed by atoms with van der Waals surface area (Å²) in [7, 11) is -3.27. The fourth-order valence-electron chi connectivity index (χ4n) is 3.53. The van der Waals surface area contributed by atoms with E-state index in [0.29, 0.717) is 11.6 Å². The second kappa shape index (κ2) is 10.0. The Balaban J connectivity index is 1.88. The minimum absolute atomic E-state index is 0.210. The van der Waals surface area contributed by atoms with Gasteiger partial charge in [0.15, 0.2) is 9.84 Å². The number of aromatic nitrogens is 2. The molecule has 0 spiro atoms. The lowest BCUT2D eigenvalue weighted by Crippen LogP contribution is -2.31. The van der Waals surface area contributed by atoms with E-state index in [4.69, 9.17) is 4.74 Å². The Bertz CT molecular complexity index is 1060. The first-order valence-electron chi connectivity index (χ1n) is 10.6. The van der Waals surface area contributed by atoms with Crippen molar-refractivity contribution in [2.75, 3.05) is 6.26 Å². The molecule has 1 aromatic carbocycles. The van der Waals surface area contributed by atoms with Gasteiger partial charge in [-0.15, -0.1) is 0 Å². The van der Waals surface area contributed by atoms with E-state index in [1.54, 1.807) is 6.92 Å². The number of nitrogens with one attached hydrogen (secondary N) is 1. The second-order valence-corrected chi connectivity index (χ2v) is 9.88. The molecule has 1 N–H and O–H groups in total. The van der Waals surface area contributed by atoms with Gasteiger partial charge < -0.3 is 10.1 Å². The summed E-state index contributed by atoms with van der Waals surface area (Å²) in [6.07, 6.45) is 9.25. The van der Waals surface area contributed by atoms with Crippen LogP contribution >= 0.6 is 0 Å². The first-order chi connectivity index (χ1) is 14.7. The maximum absolute atomic E-state index is 12.9. The number of amides is 1. The largest absolute Gasteiger partial charge is 0.438 e. The molecule has 1 heterocycles. The average molecular weight is 444 g/mol. The third kappa shape index (κ3) is 6.62. The third-order valence-corrected chi connectivity index (χ3v) is 5.88. The van der Waals surface area contributed by atoms with E-state index in [1.165, 1.54) is 12.3 Å². The van der Waals surface area contributed by atoms with Gasteiger partial charge in [-0.3, -0.25) is 4.79 Å². The summed E-state index contributed by atoms with van der Waals surface area (Å²) in [5, 5.41) is 3.83. The Morgan fingerprint density at radius 2 is 2.06 bits per heavy atom. The van der Waals surface area contributed by atoms with Crippen molar-refractivity contribution in [3.8, 4) is 11.6 Å². The number of carbonyl (C=O) groups excluding carboxylic acids is 1. The lowest BCUT2D eigenvalue weighted by atomic mass is 10.1. The van der Waals surface area contributed by atoms with Gasteiger partial charge in [-0.2, -0.15) is 4.98 Å². The molecule has 0 saturated heterocycles. The summed E-state index contributed by atoms with van der Waals surface area (Å²) < 4.78 is 28.7. The van der Waals surface area contributed by atoms with Gasteiger partial charge in [-0.05, 0) is 43.9 Å². The quantitative estimate of drug-likeness (QED) is 0.658. The van der Waals surface area contributed by atoms with Crippen LogP contribution in [-0.4, -0.2) is 36.6 Å². The molecule has 1 aliphatic rings. The number of hydrogen-bond donors (Lipinski definition) is 1. The SMILES string of the molecule is CCc1cccc(Oc2nc(C3CCCC3)ncc2C(=O)N[C@@H](C)/C=C/S(C)(=O)=O)c1. The fraction of sp³-hybridized carbons (Fsp3) is 0.435. The summed E-state index contributed by atoms with van der Waals surface area (Å²) in [5.74, 6) is 1.36. The van der Waals surface area contributed by atoms with Crippen LogP contribution in [0.3, 0.4) is 0 Å². The molecule has 31 heavy (non-hydrogen) atoms. The number of ether oxygens (including phenoxy) is 1. The standard InChI is InChI=1S/C23H29N3O4S/c1-4-17-8-7-11-19(14-17)30-23-20(15-24-21(26-23)18-9-5-6-10-18)22(27)25-16(2)12-13-31(3,28)29/h7-8,11-16,18H,4-6,9-10H2,1-3H3,(H,25,27)/b13-12+/t16-/m0/s1. The molecule has 0 unspecified atom stereocenters. The van der Waals surface area contributed by atoms with Crippen LogP contribution in [-0.2, 0) is 16.3 Å². The number of sulfone groups is 1. The van der Waals surface area contributed by atoms with E-state index in [9.17, 15) is 13.2 Å². The minimum atomic E-state index is -3.27. The van der Waals surface area contributed by atoms with Gasteiger partial charge in [-0.25, -0.2) is 13.4 Å². The van der Waals surface area contributed by atoms with Crippen molar-refractivity contribution in [2.45, 2.75) is 57.9 Å². The van der Waals surface area contributed by atoms with E-state index in [0.717, 1.165) is 49.3 Å². The van der Waals surface area contributed by atoms with E-state index in [2.05, 4.69) is 22.2 Å². The van der Waals surface area contributed by atoms with E-state index >= 15 is 0 Å². The highest BCUT2D eigenvalue weighted by molar-refractivity contribution is 7.93. The van der Waals surface area contributed by atoms with Crippen molar-refractivity contribution in [1.29, 1.82) is 0 Å². The van der Waals surface area contributed by atoms with E-state index < -0.39 is 21.8 Å². The van der Waals surface area contributed by atoms with E-state index in [1.807, 2.05) is 24.3 Å². The van der Waals surface area contributed by atoms with Gasteiger partial charge in [0.05, 0.1) is 0 Å². The van der Waals surface area contributed by atoms with Gasteiger partial charge in [0.25, 0.3) is 5.91 Å². The zero-order chi connectivity index (χ0) is 22.4. The second-order valence-electron chi connectivity index (χ2n) is 7.95. The topological polar surface area (TPSA) is 98.2 Å². The number of hydrogen-bond acceptors (Lipinski definition) is 6. The predicted molar refractivity (Wildman–Crippen MR) is 120 cm³/mol. The van der Waals surface area contributed by atoms with Crippen molar-refractivity contribution in [1.82, 2.24) is 15.3 Å². The Labute approximate surface area is 183 Å². The average Bonchev–Trinajstić information content (AvgIpc) is 3.27. The molecule has 0 radical (unpaired) electrons.